The van der Waals surface area contributed by atoms with Crippen LogP contribution < -0.4 is 43.0 Å². The molecule has 8 rings (SSSR count). The topological polar surface area (TPSA) is 358 Å². The largest absolute Gasteiger partial charge is 0.391 e. The van der Waals surface area contributed by atoms with Gasteiger partial charge in [0, 0.05) is 57.7 Å². The summed E-state index contributed by atoms with van der Waals surface area (Å²) in [6.45, 7) is 11.9. The maximum Gasteiger partial charge on any atom is 0.247 e. The van der Waals surface area contributed by atoms with Gasteiger partial charge in [0.25, 0.3) is 0 Å². The van der Waals surface area contributed by atoms with E-state index in [0.717, 1.165) is 60.0 Å². The molecule has 0 radical (unpaired) electrons. The summed E-state index contributed by atoms with van der Waals surface area (Å²) in [6.07, 6.45) is -1.29. The zero-order valence-corrected chi connectivity index (χ0v) is 54.7. The first-order valence-electron chi connectivity index (χ1n) is 29.5. The first-order valence-corrected chi connectivity index (χ1v) is 32.7. The van der Waals surface area contributed by atoms with Gasteiger partial charge in [-0.1, -0.05) is 68.8 Å². The summed E-state index contributed by atoms with van der Waals surface area (Å²) in [5, 5.41) is 41.5. The summed E-state index contributed by atoms with van der Waals surface area (Å²) in [7, 11) is 0. The van der Waals surface area contributed by atoms with Crippen molar-refractivity contribution in [3.8, 4) is 15.4 Å². The lowest BCUT2D eigenvalue weighted by Crippen LogP contribution is -2.58. The van der Waals surface area contributed by atoms with Gasteiger partial charge in [0.2, 0.25) is 53.2 Å². The molecular weight excluding hydrogens is 1250 g/mol. The zero-order valence-electron chi connectivity index (χ0n) is 51.5. The number of ether oxygens (including phenoxy) is 3. The van der Waals surface area contributed by atoms with E-state index in [4.69, 9.17) is 36.5 Å². The Morgan fingerprint density at radius 3 is 2.18 bits per heavy atom. The van der Waals surface area contributed by atoms with Crippen LogP contribution in [-0.4, -0.2) is 191 Å². The van der Waals surface area contributed by atoms with Gasteiger partial charge < -0.3 is 67.2 Å². The predicted molar refractivity (Wildman–Crippen MR) is 343 cm³/mol. The molecule has 0 bridgehead atoms. The Morgan fingerprint density at radius 2 is 1.49 bits per heavy atom. The van der Waals surface area contributed by atoms with Gasteiger partial charge in [-0.15, -0.1) is 44.6 Å². The van der Waals surface area contributed by atoms with E-state index in [9.17, 15) is 48.3 Å². The van der Waals surface area contributed by atoms with Crippen molar-refractivity contribution < 1.29 is 62.5 Å². The number of rotatable bonds is 19. The van der Waals surface area contributed by atoms with Crippen LogP contribution in [0.25, 0.3) is 15.4 Å². The number of aromatic nitrogens is 3. The molecule has 6 heterocycles. The lowest BCUT2D eigenvalue weighted by atomic mass is 9.85. The molecule has 2 aromatic carbocycles. The van der Waals surface area contributed by atoms with Crippen LogP contribution in [0, 0.1) is 33.1 Å². The number of thioether (sulfide) groups is 1. The Balaban J connectivity index is 0.826. The number of carbonyl (C=O) groups is 9. The monoisotopic (exact) mass is 1330 g/mol. The minimum atomic E-state index is -1.56. The molecule has 3 aliphatic heterocycles. The smallest absolute Gasteiger partial charge is 0.247 e. The van der Waals surface area contributed by atoms with Crippen molar-refractivity contribution in [3.05, 3.63) is 109 Å². The molecule has 0 aliphatic carbocycles. The fourth-order valence-corrected chi connectivity index (χ4v) is 13.5. The molecule has 10 N–H and O–H groups in total. The lowest BCUT2D eigenvalue weighted by molar-refractivity contribution is -0.144. The second kappa shape index (κ2) is 31.6. The quantitative estimate of drug-likeness (QED) is 0.0535. The van der Waals surface area contributed by atoms with Gasteiger partial charge in [0.05, 0.1) is 63.6 Å². The maximum absolute atomic E-state index is 14.3. The van der Waals surface area contributed by atoms with Gasteiger partial charge in [-0.3, -0.25) is 52.7 Å². The number of hydrogen-bond donors (Lipinski definition) is 9. The number of halogens is 1. The van der Waals surface area contributed by atoms with Crippen molar-refractivity contribution >= 4 is 105 Å². The maximum atomic E-state index is 14.3. The average Bonchev–Trinajstić information content (AvgIpc) is 1.60. The first-order chi connectivity index (χ1) is 43.4. The highest BCUT2D eigenvalue weighted by molar-refractivity contribution is 8.00. The normalized spacial score (nSPS) is 21.3. The second-order valence-corrected chi connectivity index (χ2v) is 26.7. The van der Waals surface area contributed by atoms with Crippen molar-refractivity contribution in [3.63, 3.8) is 0 Å². The number of amides is 9. The van der Waals surface area contributed by atoms with Gasteiger partial charge in [0.15, 0.2) is 5.82 Å². The number of benzene rings is 2. The van der Waals surface area contributed by atoms with E-state index in [2.05, 4.69) is 61.3 Å². The third kappa shape index (κ3) is 18.1. The van der Waals surface area contributed by atoms with Crippen LogP contribution in [0.1, 0.15) is 90.0 Å². The molecule has 2 fully saturated rings. The number of hydrogen-bond acceptors (Lipinski definition) is 19. The van der Waals surface area contributed by atoms with Crippen LogP contribution in [0.2, 0.25) is 5.02 Å². The Bertz CT molecular complexity index is 3510. The number of aliphatic hydroxyl groups excluding tert-OH is 1. The molecule has 30 heteroatoms. The molecule has 3 aromatic heterocycles. The average molecular weight is 1330 g/mol. The Kier molecular flexibility index (Phi) is 24.0. The highest BCUT2D eigenvalue weighted by Crippen LogP contribution is 2.40. The molecule has 7 atom stereocenters. The molecule has 91 heavy (non-hydrogen) atoms. The van der Waals surface area contributed by atoms with Crippen molar-refractivity contribution in [1.29, 1.82) is 0 Å². The van der Waals surface area contributed by atoms with Crippen LogP contribution in [0.4, 0.5) is 0 Å². The van der Waals surface area contributed by atoms with E-state index in [-0.39, 0.29) is 76.4 Å². The third-order valence-electron chi connectivity index (χ3n) is 15.2. The molecule has 2 saturated heterocycles. The minimum Gasteiger partial charge on any atom is -0.391 e. The van der Waals surface area contributed by atoms with Gasteiger partial charge in [-0.25, -0.2) is 0 Å². The van der Waals surface area contributed by atoms with Crippen LogP contribution >= 0.6 is 46.0 Å². The fourth-order valence-electron chi connectivity index (χ4n) is 10.3. The van der Waals surface area contributed by atoms with Crippen molar-refractivity contribution in [2.24, 2.45) is 16.1 Å². The van der Waals surface area contributed by atoms with Gasteiger partial charge >= 0.3 is 0 Å². The summed E-state index contributed by atoms with van der Waals surface area (Å²) >= 11 is 10.3. The number of fused-ring (bicyclic) bond motifs is 4. The number of aliphatic hydroxyl groups is 1. The Morgan fingerprint density at radius 1 is 0.802 bits per heavy atom. The predicted octanol–water partition coefficient (Wildman–Crippen LogP) is 2.18. The first kappa shape index (κ1) is 69.3. The van der Waals surface area contributed by atoms with Gasteiger partial charge in [0.1, 0.15) is 53.7 Å². The highest BCUT2D eigenvalue weighted by Gasteiger charge is 2.45. The third-order valence-corrected chi connectivity index (χ3v) is 18.8. The summed E-state index contributed by atoms with van der Waals surface area (Å²) in [4.78, 5) is 131. The summed E-state index contributed by atoms with van der Waals surface area (Å²) < 4.78 is 18.7. The molecule has 0 unspecified atom stereocenters. The van der Waals surface area contributed by atoms with Crippen LogP contribution in [0.15, 0.2) is 65.0 Å². The summed E-state index contributed by atoms with van der Waals surface area (Å²) in [5.41, 5.74) is 10.6. The van der Waals surface area contributed by atoms with Crippen LogP contribution in [0.5, 0.6) is 0 Å². The number of nitrogens with one attached hydrogen (secondary N) is 7. The lowest BCUT2D eigenvalue weighted by Gasteiger charge is -2.35. The van der Waals surface area contributed by atoms with Crippen molar-refractivity contribution in [2.45, 2.75) is 104 Å². The summed E-state index contributed by atoms with van der Waals surface area (Å²) in [6, 6.07) is 8.72. The standard InChI is InChI=1S/C61H76ClN13O13S3/c1-32-16-23-90-52(32)38-10-8-37(9-11-38)51-58(84)66-27-46(78)67-42(56(82)69-43(54(63)81)30-89-31-48(80)70-53(61(5,6)7)59(85)74-28-40(76)24-44(74)57(83)71-51)26-65-47(79)29-88-22-21-87-20-19-86-18-17-64-45(77)25-41-55-73-72-35(4)75(55)60-49(33(2)34(3)91-60)50(68-41)36-12-14-39(62)15-13-36/h8-16,23,40-44,51,53,76H,17-22,24-31H2,1-7H3,(H2,63,81)(H,64,77)(H,65,79)(H,66,84)(H,67,78)(H,69,82)(H,70,80)(H,71,83)/t40-,41+,42-,43-,44+,51-,53-/m1/s1. The molecule has 0 spiro atoms. The van der Waals surface area contributed by atoms with Crippen molar-refractivity contribution in [1.82, 2.24) is 56.9 Å². The number of thiophene rings is 2. The van der Waals surface area contributed by atoms with E-state index in [0.29, 0.717) is 22.2 Å². The van der Waals surface area contributed by atoms with Gasteiger partial charge in [-0.2, -0.15) is 0 Å². The Labute approximate surface area is 543 Å². The SMILES string of the molecule is Cc1ccsc1-c1ccc([C@H]2NC(=O)[C@@H]3C[C@@H](O)CN3C(=O)[C@H](C(C)(C)C)NC(=O)CSC[C@H](C(N)=O)NC(=O)[C@@H](CNC(=O)COCCOCCOCCNC(=O)C[C@@H]3N=C(c4ccc(Cl)cc4)c4c(sc(C)c4C)-n4c(C)nnc43)NC(=O)CNC2=O)cc1. The van der Waals surface area contributed by atoms with E-state index < -0.39 is 115 Å². The van der Waals surface area contributed by atoms with E-state index in [1.54, 1.807) is 56.4 Å². The highest BCUT2D eigenvalue weighted by atomic mass is 35.5. The molecule has 488 valence electrons. The number of carbonyl (C=O) groups excluding carboxylic acids is 9. The second-order valence-electron chi connectivity index (χ2n) is 23.1. The molecule has 9 amide bonds. The fraction of sp³-hybridized carbons (Fsp3) is 0.475. The van der Waals surface area contributed by atoms with E-state index in [1.165, 1.54) is 16.2 Å². The number of aryl methyl sites for hydroxylation is 3. The van der Waals surface area contributed by atoms with Crippen molar-refractivity contribution in [2.75, 3.05) is 77.3 Å². The van der Waals surface area contributed by atoms with E-state index in [1.807, 2.05) is 54.1 Å². The molecule has 26 nitrogen and oxygen atoms in total. The summed E-state index contributed by atoms with van der Waals surface area (Å²) in [5.74, 6) is -6.02. The van der Waals surface area contributed by atoms with Crippen LogP contribution in [0.3, 0.4) is 0 Å². The molecule has 3 aliphatic rings. The molecular formula is C61H76ClN13O13S3. The zero-order chi connectivity index (χ0) is 65.7. The molecule has 5 aromatic rings. The number of primary amides is 1. The molecule has 0 saturated carbocycles. The van der Waals surface area contributed by atoms with Gasteiger partial charge in [-0.05, 0) is 78.9 Å². The Hall–Kier alpha value is -7.64. The van der Waals surface area contributed by atoms with Crippen LogP contribution in [-0.2, 0) is 57.4 Å². The minimum absolute atomic E-state index is 0.00825. The number of nitrogens with two attached hydrogens (primary N) is 1. The van der Waals surface area contributed by atoms with E-state index >= 15 is 0 Å². The number of aliphatic imine (C=N–C) groups is 1. The number of nitrogens with zero attached hydrogens (tertiary/aromatic N) is 5.